The lowest BCUT2D eigenvalue weighted by Gasteiger charge is -2.43. The molecule has 1 saturated heterocycles. The van der Waals surface area contributed by atoms with Gasteiger partial charge in [0.2, 0.25) is 0 Å². The third-order valence-electron chi connectivity index (χ3n) is 3.29. The van der Waals surface area contributed by atoms with E-state index in [0.717, 1.165) is 11.8 Å². The van der Waals surface area contributed by atoms with Gasteiger partial charge in [-0.25, -0.2) is 0 Å². The fraction of sp³-hybridized carbons (Fsp3) is 1.00. The number of hydrogen-bond acceptors (Lipinski definition) is 1. The lowest BCUT2D eigenvalue weighted by Crippen LogP contribution is -2.39. The Bertz CT molecular complexity index is 122. The minimum absolute atomic E-state index is 0.595. The summed E-state index contributed by atoms with van der Waals surface area (Å²) in [6, 6.07) is 0. The average Bonchev–Trinajstić information content (AvgIpc) is 2.05. The summed E-state index contributed by atoms with van der Waals surface area (Å²) in [6.07, 6.45) is 4.32. The molecule has 0 saturated carbocycles. The van der Waals surface area contributed by atoms with Gasteiger partial charge in [0.15, 0.2) is 0 Å². The summed E-state index contributed by atoms with van der Waals surface area (Å²) in [6.45, 7) is 9.55. The van der Waals surface area contributed by atoms with Crippen molar-refractivity contribution in [3.05, 3.63) is 0 Å². The molecular formula is C11H22S. The van der Waals surface area contributed by atoms with E-state index in [0.29, 0.717) is 4.75 Å². The van der Waals surface area contributed by atoms with Crippen LogP contribution in [-0.2, 0) is 0 Å². The zero-order chi connectivity index (χ0) is 9.19. The van der Waals surface area contributed by atoms with E-state index in [9.17, 15) is 0 Å². The third-order valence-corrected chi connectivity index (χ3v) is 5.46. The zero-order valence-corrected chi connectivity index (χ0v) is 9.71. The molecule has 1 fully saturated rings. The second kappa shape index (κ2) is 4.04. The van der Waals surface area contributed by atoms with Gasteiger partial charge in [0.25, 0.3) is 0 Å². The van der Waals surface area contributed by atoms with E-state index < -0.39 is 0 Å². The molecule has 0 radical (unpaired) electrons. The molecule has 0 unspecified atom stereocenters. The molecule has 72 valence electrons. The van der Waals surface area contributed by atoms with E-state index in [1.807, 2.05) is 0 Å². The Kier molecular flexibility index (Phi) is 3.51. The minimum atomic E-state index is 0.595. The van der Waals surface area contributed by atoms with Gasteiger partial charge in [0.1, 0.15) is 0 Å². The number of rotatable bonds is 2. The average molecular weight is 186 g/mol. The van der Waals surface area contributed by atoms with Crippen LogP contribution in [0.5, 0.6) is 0 Å². The standard InChI is InChI=1S/C11H22S/c1-9(2)11(10(3)4)7-5-6-8-12-11/h9-10H,5-8H2,1-4H3. The van der Waals surface area contributed by atoms with Crippen LogP contribution in [0.1, 0.15) is 47.0 Å². The second-order valence-corrected chi connectivity index (χ2v) is 6.03. The summed E-state index contributed by atoms with van der Waals surface area (Å²) in [5, 5.41) is 0. The van der Waals surface area contributed by atoms with E-state index in [-0.39, 0.29) is 0 Å². The highest BCUT2D eigenvalue weighted by Gasteiger charge is 2.38. The molecule has 0 N–H and O–H groups in total. The van der Waals surface area contributed by atoms with Crippen molar-refractivity contribution in [1.29, 1.82) is 0 Å². The lowest BCUT2D eigenvalue weighted by molar-refractivity contribution is 0.300. The number of thioether (sulfide) groups is 1. The topological polar surface area (TPSA) is 0 Å². The summed E-state index contributed by atoms with van der Waals surface area (Å²) < 4.78 is 0.595. The minimum Gasteiger partial charge on any atom is -0.155 e. The molecule has 0 amide bonds. The van der Waals surface area contributed by atoms with Crippen LogP contribution in [0.15, 0.2) is 0 Å². The van der Waals surface area contributed by atoms with E-state index >= 15 is 0 Å². The van der Waals surface area contributed by atoms with Crippen LogP contribution in [0.3, 0.4) is 0 Å². The van der Waals surface area contributed by atoms with Crippen LogP contribution in [0.4, 0.5) is 0 Å². The van der Waals surface area contributed by atoms with Crippen LogP contribution < -0.4 is 0 Å². The fourth-order valence-electron chi connectivity index (χ4n) is 2.42. The Balaban J connectivity index is 2.70. The normalized spacial score (nSPS) is 23.5. The Morgan fingerprint density at radius 2 is 1.58 bits per heavy atom. The Hall–Kier alpha value is 0.350. The van der Waals surface area contributed by atoms with Crippen molar-refractivity contribution < 1.29 is 0 Å². The van der Waals surface area contributed by atoms with E-state index in [1.54, 1.807) is 0 Å². The molecular weight excluding hydrogens is 164 g/mol. The van der Waals surface area contributed by atoms with E-state index in [4.69, 9.17) is 0 Å². The summed E-state index contributed by atoms with van der Waals surface area (Å²) in [7, 11) is 0. The van der Waals surface area contributed by atoms with Crippen molar-refractivity contribution >= 4 is 11.8 Å². The Morgan fingerprint density at radius 1 is 1.00 bits per heavy atom. The molecule has 0 nitrogen and oxygen atoms in total. The molecule has 1 aliphatic heterocycles. The first kappa shape index (κ1) is 10.4. The quantitative estimate of drug-likeness (QED) is 0.629. The van der Waals surface area contributed by atoms with Gasteiger partial charge >= 0.3 is 0 Å². The maximum absolute atomic E-state index is 2.39. The molecule has 1 heteroatoms. The van der Waals surface area contributed by atoms with Crippen LogP contribution in [-0.4, -0.2) is 10.5 Å². The van der Waals surface area contributed by atoms with Crippen LogP contribution >= 0.6 is 11.8 Å². The molecule has 0 aromatic carbocycles. The van der Waals surface area contributed by atoms with Crippen molar-refractivity contribution in [2.24, 2.45) is 11.8 Å². The maximum atomic E-state index is 2.39. The van der Waals surface area contributed by atoms with Gasteiger partial charge < -0.3 is 0 Å². The van der Waals surface area contributed by atoms with Crippen molar-refractivity contribution in [2.75, 3.05) is 5.75 Å². The lowest BCUT2D eigenvalue weighted by atomic mass is 9.80. The first-order valence-electron chi connectivity index (χ1n) is 5.23. The van der Waals surface area contributed by atoms with Gasteiger partial charge in [0, 0.05) is 4.75 Å². The molecule has 0 atom stereocenters. The van der Waals surface area contributed by atoms with Gasteiger partial charge in [-0.05, 0) is 30.4 Å². The summed E-state index contributed by atoms with van der Waals surface area (Å²) in [5.41, 5.74) is 0. The monoisotopic (exact) mass is 186 g/mol. The van der Waals surface area contributed by atoms with Gasteiger partial charge in [-0.1, -0.05) is 34.1 Å². The van der Waals surface area contributed by atoms with Gasteiger partial charge in [-0.2, -0.15) is 11.8 Å². The van der Waals surface area contributed by atoms with E-state index in [2.05, 4.69) is 39.5 Å². The number of hydrogen-bond donors (Lipinski definition) is 0. The van der Waals surface area contributed by atoms with Crippen molar-refractivity contribution in [2.45, 2.75) is 51.7 Å². The SMILES string of the molecule is CC(C)C1(C(C)C)CCCCS1. The van der Waals surface area contributed by atoms with Gasteiger partial charge in [0.05, 0.1) is 0 Å². The summed E-state index contributed by atoms with van der Waals surface area (Å²) >= 11 is 2.23. The maximum Gasteiger partial charge on any atom is 0.0205 e. The molecule has 1 heterocycles. The highest BCUT2D eigenvalue weighted by atomic mass is 32.2. The second-order valence-electron chi connectivity index (χ2n) is 4.57. The molecule has 0 aliphatic carbocycles. The molecule has 12 heavy (non-hydrogen) atoms. The first-order valence-corrected chi connectivity index (χ1v) is 6.22. The van der Waals surface area contributed by atoms with Crippen LogP contribution in [0.25, 0.3) is 0 Å². The third kappa shape index (κ3) is 1.81. The highest BCUT2D eigenvalue weighted by Crippen LogP contribution is 2.47. The van der Waals surface area contributed by atoms with Crippen molar-refractivity contribution in [1.82, 2.24) is 0 Å². The Labute approximate surface area is 81.5 Å². The fourth-order valence-corrected chi connectivity index (χ4v) is 4.10. The van der Waals surface area contributed by atoms with Crippen molar-refractivity contribution in [3.8, 4) is 0 Å². The summed E-state index contributed by atoms with van der Waals surface area (Å²) in [5.74, 6) is 3.06. The molecule has 0 aromatic heterocycles. The summed E-state index contributed by atoms with van der Waals surface area (Å²) in [4.78, 5) is 0. The smallest absolute Gasteiger partial charge is 0.0205 e. The highest BCUT2D eigenvalue weighted by molar-refractivity contribution is 8.00. The van der Waals surface area contributed by atoms with E-state index in [1.165, 1.54) is 25.0 Å². The zero-order valence-electron chi connectivity index (χ0n) is 8.89. The first-order chi connectivity index (χ1) is 5.59. The molecule has 1 rings (SSSR count). The Morgan fingerprint density at radius 3 is 1.83 bits per heavy atom. The van der Waals surface area contributed by atoms with Crippen molar-refractivity contribution in [3.63, 3.8) is 0 Å². The molecule has 0 bridgehead atoms. The predicted molar refractivity (Wildman–Crippen MR) is 58.7 cm³/mol. The largest absolute Gasteiger partial charge is 0.155 e. The molecule has 0 spiro atoms. The molecule has 0 aromatic rings. The predicted octanol–water partition coefficient (Wildman–Crippen LogP) is 3.95. The van der Waals surface area contributed by atoms with Crippen LogP contribution in [0.2, 0.25) is 0 Å². The van der Waals surface area contributed by atoms with Gasteiger partial charge in [-0.3, -0.25) is 0 Å². The van der Waals surface area contributed by atoms with Crippen LogP contribution in [0, 0.1) is 11.8 Å². The van der Waals surface area contributed by atoms with Gasteiger partial charge in [-0.15, -0.1) is 0 Å². The molecule has 1 aliphatic rings.